The Bertz CT molecular complexity index is 271. The molecule has 0 atom stereocenters. The summed E-state index contributed by atoms with van der Waals surface area (Å²) in [6.07, 6.45) is 0. The number of fused-ring (bicyclic) bond motifs is 1. The van der Waals surface area contributed by atoms with Gasteiger partial charge in [-0.15, -0.1) is 11.3 Å². The van der Waals surface area contributed by atoms with Gasteiger partial charge < -0.3 is 0 Å². The predicted octanol–water partition coefficient (Wildman–Crippen LogP) is 1.14. The van der Waals surface area contributed by atoms with Crippen LogP contribution in [-0.4, -0.2) is 0 Å². The molecule has 0 bridgehead atoms. The second-order valence-electron chi connectivity index (χ2n) is 1.49. The molecule has 0 N–H and O–H groups in total. The molecule has 0 radical (unpaired) electrons. The molecule has 0 amide bonds. The summed E-state index contributed by atoms with van der Waals surface area (Å²) in [6, 6.07) is 1.86. The Hall–Kier alpha value is -0.630. The fourth-order valence-electron chi connectivity index (χ4n) is 0.605. The second-order valence-corrected chi connectivity index (χ2v) is 2.41. The molecule has 2 rings (SSSR count). The molecule has 0 fully saturated rings. The molecule has 0 aliphatic rings. The summed E-state index contributed by atoms with van der Waals surface area (Å²) < 4.78 is 0.958. The van der Waals surface area contributed by atoms with Gasteiger partial charge in [0.05, 0.1) is 4.70 Å². The minimum absolute atomic E-state index is 0.257. The van der Waals surface area contributed by atoms with E-state index in [0.717, 1.165) is 10.1 Å². The first-order chi connectivity index (χ1) is 3.39. The number of rotatable bonds is 0. The lowest BCUT2D eigenvalue weighted by Gasteiger charge is -1.49. The molecule has 2 heteroatoms. The molecule has 0 unspecified atom stereocenters. The second kappa shape index (κ2) is 0.793. The van der Waals surface area contributed by atoms with Crippen molar-refractivity contribution in [2.45, 2.75) is 0 Å². The van der Waals surface area contributed by atoms with Crippen molar-refractivity contribution in [1.82, 2.24) is 0 Å². The van der Waals surface area contributed by atoms with Crippen molar-refractivity contribution in [1.29, 1.82) is 0 Å². The van der Waals surface area contributed by atoms with Gasteiger partial charge in [0.25, 0.3) is 0 Å². The first-order valence-corrected chi connectivity index (χ1v) is 2.90. The summed E-state index contributed by atoms with van der Waals surface area (Å²) in [6.45, 7) is 0. The molecule has 7 heavy (non-hydrogen) atoms. The highest BCUT2D eigenvalue weighted by Gasteiger charge is 2.10. The Morgan fingerprint density at radius 2 is 2.43 bits per heavy atom. The van der Waals surface area contributed by atoms with E-state index in [1.165, 1.54) is 11.3 Å². The van der Waals surface area contributed by atoms with E-state index in [4.69, 9.17) is 0 Å². The molecule has 1 aromatic carbocycles. The monoisotopic (exact) mass is 110 g/mol. The summed E-state index contributed by atoms with van der Waals surface area (Å²) in [5.74, 6) is 0. The quantitative estimate of drug-likeness (QED) is 0.497. The van der Waals surface area contributed by atoms with Gasteiger partial charge in [-0.25, -0.2) is 0 Å². The zero-order chi connectivity index (χ0) is 4.85. The number of hydrogen-bond acceptors (Lipinski definition) is 2. The van der Waals surface area contributed by atoms with E-state index in [2.05, 4.69) is 0 Å². The number of thiophene rings is 1. The molecule has 0 spiro atoms. The van der Waals surface area contributed by atoms with Gasteiger partial charge in [-0.05, 0) is 11.4 Å². The minimum atomic E-state index is 0.257. The molecule has 34 valence electrons. The van der Waals surface area contributed by atoms with Crippen LogP contribution in [0.25, 0.3) is 10.1 Å². The average Bonchev–Trinajstić information content (AvgIpc) is 2.26. The van der Waals surface area contributed by atoms with Gasteiger partial charge in [0.15, 0.2) is 0 Å². The van der Waals surface area contributed by atoms with Crippen LogP contribution in [-0.2, 0) is 0 Å². The first-order valence-electron chi connectivity index (χ1n) is 2.02. The molecule has 0 saturated heterocycles. The molecule has 0 aliphatic heterocycles. The maximum atomic E-state index is 10.4. The Morgan fingerprint density at radius 3 is 2.71 bits per heavy atom. The van der Waals surface area contributed by atoms with Crippen LogP contribution >= 0.6 is 11.3 Å². The third-order valence-electron chi connectivity index (χ3n) is 1.05. The molecule has 1 heterocycles. The van der Waals surface area contributed by atoms with Crippen LogP contribution in [0.5, 0.6) is 0 Å². The Morgan fingerprint density at radius 1 is 1.57 bits per heavy atom. The van der Waals surface area contributed by atoms with E-state index >= 15 is 0 Å². The highest BCUT2D eigenvalue weighted by molar-refractivity contribution is 7.18. The average molecular weight is 110 g/mol. The van der Waals surface area contributed by atoms with Crippen molar-refractivity contribution in [2.24, 2.45) is 0 Å². The summed E-state index contributed by atoms with van der Waals surface area (Å²) in [5.41, 5.74) is 0.257. The fourth-order valence-corrected chi connectivity index (χ4v) is 1.40. The summed E-state index contributed by atoms with van der Waals surface area (Å²) >= 11 is 1.53. The summed E-state index contributed by atoms with van der Waals surface area (Å²) in [5, 5.41) is 2.87. The standard InChI is InChI=1S/C5H2OS/c6-4-3-1-2-7-5(3)4/h1-2H. The van der Waals surface area contributed by atoms with Gasteiger partial charge in [0.2, 0.25) is 5.43 Å². The highest BCUT2D eigenvalue weighted by Crippen LogP contribution is 2.20. The lowest BCUT2D eigenvalue weighted by atomic mass is 10.6. The Balaban J connectivity index is 3.18. The van der Waals surface area contributed by atoms with Crippen molar-refractivity contribution in [3.63, 3.8) is 0 Å². The van der Waals surface area contributed by atoms with Gasteiger partial charge in [-0.1, -0.05) is 0 Å². The third kappa shape index (κ3) is 0.258. The van der Waals surface area contributed by atoms with Crippen LogP contribution < -0.4 is 5.43 Å². The molecule has 1 nitrogen and oxygen atoms in total. The molecular weight excluding hydrogens is 108 g/mol. The topological polar surface area (TPSA) is 17.1 Å². The van der Waals surface area contributed by atoms with Crippen LogP contribution in [0.3, 0.4) is 0 Å². The number of hydrogen-bond donors (Lipinski definition) is 0. The SMILES string of the molecule is O=c1c2ccsc12. The largest absolute Gasteiger partial charge is 0.288 e. The smallest absolute Gasteiger partial charge is 0.205 e. The Kier molecular flexibility index (Phi) is 0.383. The van der Waals surface area contributed by atoms with E-state index < -0.39 is 0 Å². The zero-order valence-corrected chi connectivity index (χ0v) is 4.29. The van der Waals surface area contributed by atoms with Crippen LogP contribution in [0.1, 0.15) is 0 Å². The minimum Gasteiger partial charge on any atom is -0.288 e. The highest BCUT2D eigenvalue weighted by atomic mass is 32.1. The van der Waals surface area contributed by atoms with E-state index in [-0.39, 0.29) is 5.43 Å². The molecular formula is C5H2OS. The van der Waals surface area contributed by atoms with Crippen LogP contribution in [0.4, 0.5) is 0 Å². The molecule has 0 aliphatic carbocycles. The van der Waals surface area contributed by atoms with E-state index in [1.807, 2.05) is 11.4 Å². The lowest BCUT2D eigenvalue weighted by molar-refractivity contribution is 2.07. The van der Waals surface area contributed by atoms with Crippen molar-refractivity contribution in [3.8, 4) is 0 Å². The van der Waals surface area contributed by atoms with Crippen molar-refractivity contribution >= 4 is 21.4 Å². The van der Waals surface area contributed by atoms with Crippen LogP contribution in [0.15, 0.2) is 16.2 Å². The van der Waals surface area contributed by atoms with Crippen molar-refractivity contribution < 1.29 is 0 Å². The van der Waals surface area contributed by atoms with Gasteiger partial charge in [-0.3, -0.25) is 4.79 Å². The molecule has 1 aromatic heterocycles. The van der Waals surface area contributed by atoms with Crippen LogP contribution in [0.2, 0.25) is 0 Å². The summed E-state index contributed by atoms with van der Waals surface area (Å²) in [7, 11) is 0. The van der Waals surface area contributed by atoms with Crippen molar-refractivity contribution in [3.05, 3.63) is 21.7 Å². The predicted molar refractivity (Wildman–Crippen MR) is 30.5 cm³/mol. The maximum Gasteiger partial charge on any atom is 0.205 e. The molecule has 0 saturated carbocycles. The van der Waals surface area contributed by atoms with Crippen LogP contribution in [0, 0.1) is 0 Å². The van der Waals surface area contributed by atoms with E-state index in [9.17, 15) is 4.79 Å². The summed E-state index contributed by atoms with van der Waals surface area (Å²) in [4.78, 5) is 10.4. The Labute approximate surface area is 43.9 Å². The van der Waals surface area contributed by atoms with E-state index in [1.54, 1.807) is 0 Å². The first kappa shape index (κ1) is 3.38. The normalized spacial score (nSPS) is 11.4. The van der Waals surface area contributed by atoms with Gasteiger partial charge in [0, 0.05) is 5.39 Å². The van der Waals surface area contributed by atoms with Gasteiger partial charge >= 0.3 is 0 Å². The fraction of sp³-hybridized carbons (Fsp3) is 0. The van der Waals surface area contributed by atoms with Gasteiger partial charge in [-0.2, -0.15) is 0 Å². The van der Waals surface area contributed by atoms with Crippen molar-refractivity contribution in [2.75, 3.05) is 0 Å². The third-order valence-corrected chi connectivity index (χ3v) is 1.97. The van der Waals surface area contributed by atoms with E-state index in [0.29, 0.717) is 0 Å². The molecule has 2 aromatic rings. The zero-order valence-electron chi connectivity index (χ0n) is 3.47. The van der Waals surface area contributed by atoms with Gasteiger partial charge in [0.1, 0.15) is 0 Å². The maximum absolute atomic E-state index is 10.4. The lowest BCUT2D eigenvalue weighted by Crippen LogP contribution is -1.67.